The van der Waals surface area contributed by atoms with Crippen molar-refractivity contribution in [2.24, 2.45) is 5.41 Å². The first-order chi connectivity index (χ1) is 14.8. The van der Waals surface area contributed by atoms with Gasteiger partial charge in [0.05, 0.1) is 21.3 Å². The number of hydrogen-bond donors (Lipinski definition) is 1. The lowest BCUT2D eigenvalue weighted by Crippen LogP contribution is -2.38. The van der Waals surface area contributed by atoms with E-state index in [9.17, 15) is 9.59 Å². The molecule has 0 aliphatic heterocycles. The van der Waals surface area contributed by atoms with Crippen LogP contribution in [0.5, 0.6) is 17.2 Å². The lowest BCUT2D eigenvalue weighted by atomic mass is 9.84. The second kappa shape index (κ2) is 13.9. The van der Waals surface area contributed by atoms with Crippen LogP contribution < -0.4 is 19.5 Å². The largest absolute Gasteiger partial charge is 0.496 e. The lowest BCUT2D eigenvalue weighted by Gasteiger charge is -2.24. The summed E-state index contributed by atoms with van der Waals surface area (Å²) >= 11 is 0. The van der Waals surface area contributed by atoms with Gasteiger partial charge in [-0.3, -0.25) is 9.59 Å². The summed E-state index contributed by atoms with van der Waals surface area (Å²) in [5, 5.41) is 2.82. The van der Waals surface area contributed by atoms with E-state index >= 15 is 0 Å². The minimum Gasteiger partial charge on any atom is -0.496 e. The first-order valence-corrected chi connectivity index (χ1v) is 11.5. The zero-order chi connectivity index (χ0) is 23.3. The zero-order valence-electron chi connectivity index (χ0n) is 20.3. The van der Waals surface area contributed by atoms with Gasteiger partial charge in [0.25, 0.3) is 0 Å². The normalized spacial score (nSPS) is 11.2. The molecule has 1 N–H and O–H groups in total. The first kappa shape index (κ1) is 26.8. The molecule has 6 heteroatoms. The summed E-state index contributed by atoms with van der Waals surface area (Å²) in [5.41, 5.74) is -0.754. The number of methoxy groups -OCH3 is 3. The van der Waals surface area contributed by atoms with Crippen molar-refractivity contribution in [2.45, 2.75) is 85.0 Å². The van der Waals surface area contributed by atoms with Gasteiger partial charge in [-0.1, -0.05) is 58.3 Å². The third kappa shape index (κ3) is 8.42. The summed E-state index contributed by atoms with van der Waals surface area (Å²) in [4.78, 5) is 25.7. The van der Waals surface area contributed by atoms with Crippen molar-refractivity contribution in [3.63, 3.8) is 0 Å². The molecule has 31 heavy (non-hydrogen) atoms. The Hall–Kier alpha value is -2.24. The van der Waals surface area contributed by atoms with Crippen LogP contribution in [0.4, 0.5) is 5.69 Å². The van der Waals surface area contributed by atoms with Crippen LogP contribution >= 0.6 is 0 Å². The number of nitrogens with one attached hydrogen (secondary N) is 1. The molecule has 0 aliphatic carbocycles. The fourth-order valence-corrected chi connectivity index (χ4v) is 3.43. The third-order valence-corrected chi connectivity index (χ3v) is 5.73. The topological polar surface area (TPSA) is 73.9 Å². The van der Waals surface area contributed by atoms with E-state index in [-0.39, 0.29) is 11.7 Å². The van der Waals surface area contributed by atoms with E-state index < -0.39 is 5.41 Å². The van der Waals surface area contributed by atoms with Crippen molar-refractivity contribution in [1.82, 2.24) is 0 Å². The monoisotopic (exact) mass is 435 g/mol. The van der Waals surface area contributed by atoms with Gasteiger partial charge in [-0.05, 0) is 20.3 Å². The number of benzene rings is 1. The zero-order valence-corrected chi connectivity index (χ0v) is 20.3. The molecule has 1 amide bonds. The lowest BCUT2D eigenvalue weighted by molar-refractivity contribution is -0.137. The maximum Gasteiger partial charge on any atom is 0.237 e. The van der Waals surface area contributed by atoms with Gasteiger partial charge in [0.1, 0.15) is 34.1 Å². The molecule has 0 saturated carbocycles. The Bertz CT molecular complexity index is 674. The standard InChI is InChI=1S/C25H41NO5/c1-7-8-9-10-11-12-13-14-15-16-22(27)25(2,3)24(28)26-23-20(30-5)17-19(29-4)18-21(23)31-6/h17-18H,7-16H2,1-6H3,(H,26,28). The van der Waals surface area contributed by atoms with Crippen LogP contribution in [0, 0.1) is 5.41 Å². The molecular weight excluding hydrogens is 394 g/mol. The highest BCUT2D eigenvalue weighted by Gasteiger charge is 2.36. The van der Waals surface area contributed by atoms with Crippen LogP contribution in [-0.2, 0) is 9.59 Å². The Balaban J connectivity index is 2.60. The Kier molecular flexibility index (Phi) is 12.1. The number of unbranched alkanes of at least 4 members (excludes halogenated alkanes) is 8. The van der Waals surface area contributed by atoms with Crippen LogP contribution in [0.25, 0.3) is 0 Å². The Morgan fingerprint density at radius 1 is 0.806 bits per heavy atom. The molecule has 0 saturated heterocycles. The molecule has 0 bridgehead atoms. The van der Waals surface area contributed by atoms with Crippen LogP contribution in [-0.4, -0.2) is 33.0 Å². The SMILES string of the molecule is CCCCCCCCCCCC(=O)C(C)(C)C(=O)Nc1c(OC)cc(OC)cc1OC. The summed E-state index contributed by atoms with van der Waals surface area (Å²) < 4.78 is 16.0. The Labute approximate surface area is 188 Å². The number of anilines is 1. The second-order valence-corrected chi connectivity index (χ2v) is 8.49. The van der Waals surface area contributed by atoms with Gasteiger partial charge in [-0.2, -0.15) is 0 Å². The fraction of sp³-hybridized carbons (Fsp3) is 0.680. The number of Topliss-reactive ketones (excluding diaryl/α,β-unsaturated/α-hetero) is 1. The van der Waals surface area contributed by atoms with Gasteiger partial charge < -0.3 is 19.5 Å². The van der Waals surface area contributed by atoms with E-state index in [0.717, 1.165) is 19.3 Å². The second-order valence-electron chi connectivity index (χ2n) is 8.49. The maximum atomic E-state index is 13.0. The Morgan fingerprint density at radius 2 is 1.29 bits per heavy atom. The molecule has 0 atom stereocenters. The van der Waals surface area contributed by atoms with Crippen molar-refractivity contribution in [3.05, 3.63) is 12.1 Å². The number of rotatable bonds is 16. The Morgan fingerprint density at radius 3 is 1.74 bits per heavy atom. The van der Waals surface area contributed by atoms with E-state index in [0.29, 0.717) is 29.4 Å². The number of amides is 1. The predicted octanol–water partition coefficient (Wildman–Crippen LogP) is 6.17. The van der Waals surface area contributed by atoms with Crippen LogP contribution in [0.3, 0.4) is 0 Å². The highest BCUT2D eigenvalue weighted by molar-refractivity contribution is 6.11. The van der Waals surface area contributed by atoms with Gasteiger partial charge in [-0.25, -0.2) is 0 Å². The molecular formula is C25H41NO5. The maximum absolute atomic E-state index is 13.0. The average Bonchev–Trinajstić information content (AvgIpc) is 2.77. The molecule has 6 nitrogen and oxygen atoms in total. The van der Waals surface area contributed by atoms with Crippen molar-refractivity contribution in [1.29, 1.82) is 0 Å². The molecule has 1 aromatic carbocycles. The van der Waals surface area contributed by atoms with E-state index in [2.05, 4.69) is 12.2 Å². The summed E-state index contributed by atoms with van der Waals surface area (Å²) in [6.07, 6.45) is 11.1. The molecule has 0 heterocycles. The number of ether oxygens (including phenoxy) is 3. The van der Waals surface area contributed by atoms with E-state index in [1.165, 1.54) is 52.7 Å². The quantitative estimate of drug-likeness (QED) is 0.248. The summed E-state index contributed by atoms with van der Waals surface area (Å²) in [7, 11) is 4.55. The van der Waals surface area contributed by atoms with Crippen LogP contribution in [0.15, 0.2) is 12.1 Å². The molecule has 0 spiro atoms. The van der Waals surface area contributed by atoms with Crippen molar-refractivity contribution in [2.75, 3.05) is 26.6 Å². The predicted molar refractivity (Wildman–Crippen MR) is 125 cm³/mol. The van der Waals surface area contributed by atoms with Gasteiger partial charge >= 0.3 is 0 Å². The van der Waals surface area contributed by atoms with Crippen LogP contribution in [0.2, 0.25) is 0 Å². The third-order valence-electron chi connectivity index (χ3n) is 5.73. The summed E-state index contributed by atoms with van der Waals surface area (Å²) in [6.45, 7) is 5.56. The number of carbonyl (C=O) groups is 2. The van der Waals surface area contributed by atoms with Crippen molar-refractivity contribution < 1.29 is 23.8 Å². The molecule has 0 aromatic heterocycles. The molecule has 0 fully saturated rings. The first-order valence-electron chi connectivity index (χ1n) is 11.5. The number of ketones is 1. The number of hydrogen-bond acceptors (Lipinski definition) is 5. The molecule has 1 rings (SSSR count). The van der Waals surface area contributed by atoms with E-state index in [1.54, 1.807) is 33.1 Å². The minimum atomic E-state index is -1.14. The summed E-state index contributed by atoms with van der Waals surface area (Å²) in [5.74, 6) is 0.931. The fourth-order valence-electron chi connectivity index (χ4n) is 3.43. The van der Waals surface area contributed by atoms with Crippen molar-refractivity contribution >= 4 is 17.4 Å². The number of carbonyl (C=O) groups excluding carboxylic acids is 2. The van der Waals surface area contributed by atoms with Gasteiger partial charge in [0.15, 0.2) is 0 Å². The van der Waals surface area contributed by atoms with Gasteiger partial charge in [-0.15, -0.1) is 0 Å². The summed E-state index contributed by atoms with van der Waals surface area (Å²) in [6, 6.07) is 3.32. The van der Waals surface area contributed by atoms with Gasteiger partial charge in [0.2, 0.25) is 5.91 Å². The smallest absolute Gasteiger partial charge is 0.237 e. The molecule has 0 aliphatic rings. The highest BCUT2D eigenvalue weighted by Crippen LogP contribution is 2.39. The molecule has 0 radical (unpaired) electrons. The molecule has 176 valence electrons. The van der Waals surface area contributed by atoms with E-state index in [1.807, 2.05) is 0 Å². The molecule has 1 aromatic rings. The van der Waals surface area contributed by atoms with Crippen LogP contribution in [0.1, 0.15) is 85.0 Å². The van der Waals surface area contributed by atoms with E-state index in [4.69, 9.17) is 14.2 Å². The average molecular weight is 436 g/mol. The highest BCUT2D eigenvalue weighted by atomic mass is 16.5. The molecule has 0 unspecified atom stereocenters. The van der Waals surface area contributed by atoms with Gasteiger partial charge in [0, 0.05) is 18.6 Å². The van der Waals surface area contributed by atoms with Crippen molar-refractivity contribution in [3.8, 4) is 17.2 Å². The minimum absolute atomic E-state index is 0.0561.